The molecule has 3 heteroatoms. The third-order valence-corrected chi connectivity index (χ3v) is 1.44. The lowest BCUT2D eigenvalue weighted by atomic mass is 10.4. The summed E-state index contributed by atoms with van der Waals surface area (Å²) >= 11 is 2.11. The molecule has 0 unspecified atom stereocenters. The van der Waals surface area contributed by atoms with Crippen LogP contribution in [0.15, 0.2) is 6.07 Å². The zero-order valence-electron chi connectivity index (χ0n) is 5.35. The number of hydrogen-bond acceptors (Lipinski definition) is 2. The lowest BCUT2D eigenvalue weighted by molar-refractivity contribution is 1.01. The quantitative estimate of drug-likeness (QED) is 0.504. The Morgan fingerprint density at radius 3 is 2.00 bits per heavy atom. The van der Waals surface area contributed by atoms with Gasteiger partial charge in [-0.3, -0.25) is 0 Å². The van der Waals surface area contributed by atoms with Crippen LogP contribution >= 0.6 is 22.6 Å². The molecule has 0 aliphatic carbocycles. The topological polar surface area (TPSA) is 25.8 Å². The zero-order chi connectivity index (χ0) is 6.85. The van der Waals surface area contributed by atoms with Crippen molar-refractivity contribution in [1.29, 1.82) is 0 Å². The summed E-state index contributed by atoms with van der Waals surface area (Å²) in [5.41, 5.74) is 2.07. The second-order valence-electron chi connectivity index (χ2n) is 1.92. The van der Waals surface area contributed by atoms with Crippen molar-refractivity contribution in [2.75, 3.05) is 0 Å². The average molecular weight is 234 g/mol. The van der Waals surface area contributed by atoms with Crippen molar-refractivity contribution in [3.8, 4) is 0 Å². The maximum Gasteiger partial charge on any atom is 0.191 e. The third kappa shape index (κ3) is 1.89. The molecule has 0 N–H and O–H groups in total. The maximum absolute atomic E-state index is 4.11. The molecule has 0 saturated carbocycles. The first kappa shape index (κ1) is 6.92. The standard InChI is InChI=1S/C6H7IN2/c1-4-3-5(2)9-6(7)8-4/h3H,1-2H3. The molecule has 0 aromatic carbocycles. The first-order valence-electron chi connectivity index (χ1n) is 2.66. The third-order valence-electron chi connectivity index (χ3n) is 0.955. The Hall–Kier alpha value is -0.190. The molecule has 48 valence electrons. The van der Waals surface area contributed by atoms with Crippen molar-refractivity contribution in [1.82, 2.24) is 9.97 Å². The van der Waals surface area contributed by atoms with Gasteiger partial charge >= 0.3 is 0 Å². The molecule has 0 atom stereocenters. The van der Waals surface area contributed by atoms with Gasteiger partial charge in [0, 0.05) is 34.0 Å². The lowest BCUT2D eigenvalue weighted by Gasteiger charge is -1.93. The molecule has 0 spiro atoms. The smallest absolute Gasteiger partial charge is 0.191 e. The van der Waals surface area contributed by atoms with E-state index in [1.807, 2.05) is 19.9 Å². The minimum atomic E-state index is 0.824. The van der Waals surface area contributed by atoms with E-state index in [2.05, 4.69) is 32.6 Å². The minimum absolute atomic E-state index is 0.824. The predicted octanol–water partition coefficient (Wildman–Crippen LogP) is 1.70. The molecule has 2 nitrogen and oxygen atoms in total. The van der Waals surface area contributed by atoms with Crippen molar-refractivity contribution in [3.63, 3.8) is 0 Å². The Morgan fingerprint density at radius 2 is 1.67 bits per heavy atom. The van der Waals surface area contributed by atoms with Gasteiger partial charge in [-0.1, -0.05) is 0 Å². The van der Waals surface area contributed by atoms with E-state index < -0.39 is 0 Å². The van der Waals surface area contributed by atoms with Gasteiger partial charge in [0.1, 0.15) is 0 Å². The van der Waals surface area contributed by atoms with Crippen molar-refractivity contribution >= 4 is 22.6 Å². The summed E-state index contributed by atoms with van der Waals surface area (Å²) in [7, 11) is 0. The average Bonchev–Trinajstić information content (AvgIpc) is 1.59. The van der Waals surface area contributed by atoms with E-state index in [0.717, 1.165) is 15.2 Å². The summed E-state index contributed by atoms with van der Waals surface area (Å²) in [6.07, 6.45) is 0. The van der Waals surface area contributed by atoms with Crippen LogP contribution in [-0.2, 0) is 0 Å². The second kappa shape index (κ2) is 2.60. The number of rotatable bonds is 0. The molecule has 0 amide bonds. The molecule has 0 saturated heterocycles. The highest BCUT2D eigenvalue weighted by atomic mass is 127. The van der Waals surface area contributed by atoms with Crippen LogP contribution in [0.3, 0.4) is 0 Å². The molecule has 1 aromatic heterocycles. The predicted molar refractivity (Wildman–Crippen MR) is 44.2 cm³/mol. The highest BCUT2D eigenvalue weighted by molar-refractivity contribution is 14.1. The normalized spacial score (nSPS) is 9.67. The van der Waals surface area contributed by atoms with Gasteiger partial charge in [-0.15, -0.1) is 0 Å². The van der Waals surface area contributed by atoms with E-state index in [1.165, 1.54) is 0 Å². The fourth-order valence-corrected chi connectivity index (χ4v) is 1.44. The van der Waals surface area contributed by atoms with Crippen LogP contribution in [0.5, 0.6) is 0 Å². The summed E-state index contributed by atoms with van der Waals surface area (Å²) in [6, 6.07) is 1.96. The molecule has 9 heavy (non-hydrogen) atoms. The van der Waals surface area contributed by atoms with Crippen LogP contribution in [0.1, 0.15) is 11.4 Å². The molecule has 0 bridgehead atoms. The van der Waals surface area contributed by atoms with Crippen LogP contribution in [0, 0.1) is 17.7 Å². The Labute approximate surface area is 67.9 Å². The van der Waals surface area contributed by atoms with E-state index in [-0.39, 0.29) is 0 Å². The number of halogens is 1. The summed E-state index contributed by atoms with van der Waals surface area (Å²) < 4.78 is 0.824. The SMILES string of the molecule is Cc1cc(C)nc(I)n1. The summed E-state index contributed by atoms with van der Waals surface area (Å²) in [5.74, 6) is 0. The lowest BCUT2D eigenvalue weighted by Crippen LogP contribution is -1.91. The van der Waals surface area contributed by atoms with Gasteiger partial charge in [-0.2, -0.15) is 0 Å². The highest BCUT2D eigenvalue weighted by Crippen LogP contribution is 2.00. The highest BCUT2D eigenvalue weighted by Gasteiger charge is 1.91. The van der Waals surface area contributed by atoms with Gasteiger partial charge < -0.3 is 0 Å². The van der Waals surface area contributed by atoms with Gasteiger partial charge in [0.2, 0.25) is 0 Å². The number of hydrogen-bond donors (Lipinski definition) is 0. The van der Waals surface area contributed by atoms with E-state index in [4.69, 9.17) is 0 Å². The van der Waals surface area contributed by atoms with Crippen LogP contribution in [0.2, 0.25) is 0 Å². The molecule has 0 aliphatic heterocycles. The largest absolute Gasteiger partial charge is 0.228 e. The number of aromatic nitrogens is 2. The van der Waals surface area contributed by atoms with Crippen LogP contribution < -0.4 is 0 Å². The van der Waals surface area contributed by atoms with Gasteiger partial charge in [0.15, 0.2) is 3.83 Å². The van der Waals surface area contributed by atoms with Crippen molar-refractivity contribution in [2.45, 2.75) is 13.8 Å². The molecular formula is C6H7IN2. The monoisotopic (exact) mass is 234 g/mol. The first-order chi connectivity index (χ1) is 4.18. The molecule has 0 radical (unpaired) electrons. The first-order valence-corrected chi connectivity index (χ1v) is 3.74. The van der Waals surface area contributed by atoms with Gasteiger partial charge in [0.05, 0.1) is 0 Å². The van der Waals surface area contributed by atoms with Crippen LogP contribution in [-0.4, -0.2) is 9.97 Å². The van der Waals surface area contributed by atoms with E-state index in [0.29, 0.717) is 0 Å². The fourth-order valence-electron chi connectivity index (χ4n) is 0.683. The van der Waals surface area contributed by atoms with E-state index in [1.54, 1.807) is 0 Å². The maximum atomic E-state index is 4.11. The molecule has 1 heterocycles. The number of nitrogens with zero attached hydrogens (tertiary/aromatic N) is 2. The minimum Gasteiger partial charge on any atom is -0.228 e. The molecule has 1 aromatic rings. The fraction of sp³-hybridized carbons (Fsp3) is 0.333. The van der Waals surface area contributed by atoms with Gasteiger partial charge in [-0.25, -0.2) is 9.97 Å². The molecular weight excluding hydrogens is 227 g/mol. The molecule has 0 aliphatic rings. The van der Waals surface area contributed by atoms with Gasteiger partial charge in [0.25, 0.3) is 0 Å². The van der Waals surface area contributed by atoms with Crippen LogP contribution in [0.4, 0.5) is 0 Å². The van der Waals surface area contributed by atoms with Crippen LogP contribution in [0.25, 0.3) is 0 Å². The Kier molecular flexibility index (Phi) is 2.00. The molecule has 1 rings (SSSR count). The zero-order valence-corrected chi connectivity index (χ0v) is 7.51. The summed E-state index contributed by atoms with van der Waals surface area (Å²) in [4.78, 5) is 8.22. The Bertz CT molecular complexity index is 172. The summed E-state index contributed by atoms with van der Waals surface area (Å²) in [5, 5.41) is 0. The number of aryl methyl sites for hydroxylation is 2. The van der Waals surface area contributed by atoms with E-state index >= 15 is 0 Å². The molecule has 0 fully saturated rings. The Balaban J connectivity index is 3.17. The second-order valence-corrected chi connectivity index (χ2v) is 2.88. The van der Waals surface area contributed by atoms with Gasteiger partial charge in [-0.05, 0) is 19.9 Å². The summed E-state index contributed by atoms with van der Waals surface area (Å²) in [6.45, 7) is 3.94. The van der Waals surface area contributed by atoms with E-state index in [9.17, 15) is 0 Å². The van der Waals surface area contributed by atoms with Crippen molar-refractivity contribution in [2.24, 2.45) is 0 Å². The Morgan fingerprint density at radius 1 is 1.22 bits per heavy atom. The van der Waals surface area contributed by atoms with Crippen molar-refractivity contribution < 1.29 is 0 Å². The van der Waals surface area contributed by atoms with Crippen molar-refractivity contribution in [3.05, 3.63) is 21.3 Å².